The van der Waals surface area contributed by atoms with Crippen LogP contribution in [0.5, 0.6) is 0 Å². The maximum atomic E-state index is 14.4. The number of carboxylic acids is 1. The van der Waals surface area contributed by atoms with Crippen LogP contribution in [0, 0.1) is 0 Å². The zero-order valence-corrected chi connectivity index (χ0v) is 13.6. The largest absolute Gasteiger partial charge is 0.477 e. The van der Waals surface area contributed by atoms with Gasteiger partial charge < -0.3 is 35.6 Å². The highest BCUT2D eigenvalue weighted by Crippen LogP contribution is 2.35. The highest BCUT2D eigenvalue weighted by atomic mass is 32.2. The smallest absolute Gasteiger partial charge is 0.369 e. The van der Waals surface area contributed by atoms with E-state index in [4.69, 9.17) is 14.9 Å². The number of aliphatic hydroxyl groups is 4. The number of hydrogen-bond acceptors (Lipinski definition) is 10. The summed E-state index contributed by atoms with van der Waals surface area (Å²) in [7, 11) is -3.98. The lowest BCUT2D eigenvalue weighted by Gasteiger charge is -2.47. The lowest BCUT2D eigenvalue weighted by molar-refractivity contribution is -0.307. The van der Waals surface area contributed by atoms with Crippen LogP contribution in [0.4, 0.5) is 4.39 Å². The molecule has 0 aliphatic carbocycles. The lowest BCUT2D eigenvalue weighted by atomic mass is 9.87. The van der Waals surface area contributed by atoms with Gasteiger partial charge in [0, 0.05) is 6.92 Å². The second-order valence-corrected chi connectivity index (χ2v) is 5.86. The molecule has 6 N–H and O–H groups in total. The Morgan fingerprint density at radius 1 is 1.40 bits per heavy atom. The topological polar surface area (TPSA) is 200 Å². The maximum Gasteiger partial charge on any atom is 0.369 e. The maximum absolute atomic E-state index is 14.4. The van der Waals surface area contributed by atoms with Gasteiger partial charge in [-0.15, -0.1) is 0 Å². The van der Waals surface area contributed by atoms with Gasteiger partial charge in [0.05, 0.1) is 12.6 Å². The van der Waals surface area contributed by atoms with E-state index in [2.05, 4.69) is 4.18 Å². The molecule has 1 rings (SSSR count). The van der Waals surface area contributed by atoms with E-state index in [0.717, 1.165) is 6.92 Å². The number of carbonyl (C=O) groups excluding carboxylic acids is 1. The van der Waals surface area contributed by atoms with E-state index in [0.29, 0.717) is 0 Å². The highest BCUT2D eigenvalue weighted by molar-refractivity contribution is 7.67. The molecule has 0 aromatic carbocycles. The van der Waals surface area contributed by atoms with Crippen molar-refractivity contribution >= 4 is 22.9 Å². The first-order chi connectivity index (χ1) is 11.5. The number of nitrogens with one attached hydrogen (secondary N) is 1. The van der Waals surface area contributed by atoms with Crippen molar-refractivity contribution in [1.29, 1.82) is 0 Å². The number of alkyl halides is 1. The molecule has 1 heterocycles. The minimum Gasteiger partial charge on any atom is -0.477 e. The Hall–Kier alpha value is -1.42. The van der Waals surface area contributed by atoms with Crippen LogP contribution in [-0.2, 0) is 29.5 Å². The molecule has 12 nitrogen and oxygen atoms in total. The van der Waals surface area contributed by atoms with Crippen molar-refractivity contribution in [3.63, 3.8) is 0 Å². The number of carboxylic acid groups (broad SMARTS) is 1. The molecule has 0 bridgehead atoms. The van der Waals surface area contributed by atoms with Crippen LogP contribution in [0.15, 0.2) is 0 Å². The minimum atomic E-state index is -3.98. The van der Waals surface area contributed by atoms with Crippen molar-refractivity contribution in [3.05, 3.63) is 0 Å². The van der Waals surface area contributed by atoms with Crippen molar-refractivity contribution < 1.29 is 56.8 Å². The van der Waals surface area contributed by atoms with Gasteiger partial charge in [-0.05, 0) is 0 Å². The molecule has 7 atom stereocenters. The van der Waals surface area contributed by atoms with Gasteiger partial charge in [-0.25, -0.2) is 21.8 Å². The van der Waals surface area contributed by atoms with E-state index in [1.807, 2.05) is 5.32 Å². The second kappa shape index (κ2) is 8.31. The third-order valence-corrected chi connectivity index (χ3v) is 3.91. The summed E-state index contributed by atoms with van der Waals surface area (Å²) < 4.78 is 44.7. The van der Waals surface area contributed by atoms with Crippen molar-refractivity contribution in [2.45, 2.75) is 49.3 Å². The molecule has 1 aliphatic rings. The first kappa shape index (κ1) is 21.6. The van der Waals surface area contributed by atoms with Crippen LogP contribution in [-0.4, -0.2) is 94.9 Å². The summed E-state index contributed by atoms with van der Waals surface area (Å²) in [4.78, 5) is 22.6. The van der Waals surface area contributed by atoms with Crippen molar-refractivity contribution in [2.24, 2.45) is 0 Å². The lowest BCUT2D eigenvalue weighted by Crippen LogP contribution is -2.73. The summed E-state index contributed by atoms with van der Waals surface area (Å²) >= 11 is 0. The summed E-state index contributed by atoms with van der Waals surface area (Å²) in [6.45, 7) is -0.0876. The van der Waals surface area contributed by atoms with E-state index in [-0.39, 0.29) is 0 Å². The molecule has 1 fully saturated rings. The molecule has 0 aromatic heterocycles. The van der Waals surface area contributed by atoms with E-state index in [1.54, 1.807) is 0 Å². The molecule has 0 saturated carbocycles. The first-order valence-electron chi connectivity index (χ1n) is 6.78. The number of aliphatic hydroxyl groups excluding tert-OH is 4. The van der Waals surface area contributed by atoms with Crippen molar-refractivity contribution in [3.8, 4) is 0 Å². The van der Waals surface area contributed by atoms with Crippen LogP contribution in [0.25, 0.3) is 0 Å². The SMILES string of the molecule is CC(=O)N[C@H]1C([C@H](O)[C@H](O)CO)O[C@](O[SH](=O)=O)(C(=O)O)[C@@H](F)C1O. The van der Waals surface area contributed by atoms with Crippen LogP contribution in [0.3, 0.4) is 0 Å². The van der Waals surface area contributed by atoms with Gasteiger partial charge in [0.2, 0.25) is 5.91 Å². The zero-order chi connectivity index (χ0) is 19.5. The van der Waals surface area contributed by atoms with Gasteiger partial charge in [0.25, 0.3) is 11.0 Å². The summed E-state index contributed by atoms with van der Waals surface area (Å²) in [6.07, 6.45) is -11.5. The van der Waals surface area contributed by atoms with Gasteiger partial charge in [0.15, 0.2) is 6.17 Å². The van der Waals surface area contributed by atoms with Crippen LogP contribution in [0.1, 0.15) is 6.92 Å². The summed E-state index contributed by atoms with van der Waals surface area (Å²) in [6, 6.07) is -1.79. The fourth-order valence-electron chi connectivity index (χ4n) is 2.34. The van der Waals surface area contributed by atoms with E-state index in [9.17, 15) is 37.7 Å². The van der Waals surface area contributed by atoms with Gasteiger partial charge in [-0.2, -0.15) is 0 Å². The Labute approximate surface area is 141 Å². The Balaban J connectivity index is 3.39. The Kier molecular flexibility index (Phi) is 7.18. The van der Waals surface area contributed by atoms with Crippen molar-refractivity contribution in [2.75, 3.05) is 6.61 Å². The molecule has 1 aliphatic heterocycles. The molecule has 14 heteroatoms. The number of rotatable bonds is 7. The van der Waals surface area contributed by atoms with Crippen molar-refractivity contribution in [1.82, 2.24) is 5.32 Å². The van der Waals surface area contributed by atoms with Gasteiger partial charge in [-0.3, -0.25) is 4.79 Å². The van der Waals surface area contributed by atoms with E-state index < -0.39 is 71.9 Å². The number of amides is 1. The van der Waals surface area contributed by atoms with Gasteiger partial charge in [-0.1, -0.05) is 0 Å². The van der Waals surface area contributed by atoms with Crippen LogP contribution in [0.2, 0.25) is 0 Å². The summed E-state index contributed by atoms with van der Waals surface area (Å²) in [5, 5.41) is 49.5. The van der Waals surface area contributed by atoms with Crippen LogP contribution >= 0.6 is 0 Å². The average Bonchev–Trinajstić information content (AvgIpc) is 2.52. The predicted molar refractivity (Wildman–Crippen MR) is 74.2 cm³/mol. The summed E-state index contributed by atoms with van der Waals surface area (Å²) in [5.74, 6) is -6.69. The number of thiol groups is 1. The monoisotopic (exact) mass is 391 g/mol. The minimum absolute atomic E-state index is 0.839. The number of ether oxygens (including phenoxy) is 1. The number of halogens is 1. The standard InChI is InChI=1S/C11H18FNO11S/c1-3(15)13-5-7(18)9(12)11(10(19)20,24-25(21)22)23-8(5)6(17)4(16)2-14/h4-9,14,16-18,25H,2H2,1H3,(H,13,15)(H,19,20)/t4-,5-,6-,7?,8?,9+,11-/m1/s1. The van der Waals surface area contributed by atoms with Crippen LogP contribution < -0.4 is 5.32 Å². The van der Waals surface area contributed by atoms with E-state index in [1.165, 1.54) is 0 Å². The second-order valence-electron chi connectivity index (χ2n) is 5.23. The number of hydrogen-bond donors (Lipinski definition) is 7. The Bertz CT molecular complexity index is 578. The molecule has 146 valence electrons. The normalized spacial score (nSPS) is 35.2. The Morgan fingerprint density at radius 3 is 2.36 bits per heavy atom. The summed E-state index contributed by atoms with van der Waals surface area (Å²) in [5.41, 5.74) is 0. The molecule has 1 saturated heterocycles. The molecular weight excluding hydrogens is 373 g/mol. The van der Waals surface area contributed by atoms with Gasteiger partial charge >= 0.3 is 11.8 Å². The quantitative estimate of drug-likeness (QED) is 0.207. The molecule has 0 aromatic rings. The molecule has 1 amide bonds. The fourth-order valence-corrected chi connectivity index (χ4v) is 2.79. The highest BCUT2D eigenvalue weighted by Gasteiger charge is 2.64. The average molecular weight is 391 g/mol. The zero-order valence-electron chi connectivity index (χ0n) is 12.7. The molecule has 0 spiro atoms. The molecule has 2 unspecified atom stereocenters. The van der Waals surface area contributed by atoms with E-state index >= 15 is 0 Å². The fraction of sp³-hybridized carbons (Fsp3) is 0.818. The van der Waals surface area contributed by atoms with Gasteiger partial charge in [0.1, 0.15) is 24.4 Å². The molecular formula is C11H18FNO11S. The number of aliphatic carboxylic acids is 1. The third-order valence-electron chi connectivity index (χ3n) is 3.49. The third kappa shape index (κ3) is 4.41. The first-order valence-corrected chi connectivity index (χ1v) is 7.88. The predicted octanol–water partition coefficient (Wildman–Crippen LogP) is -4.37. The number of carbonyl (C=O) groups is 2. The molecule has 0 radical (unpaired) electrons. The molecule has 25 heavy (non-hydrogen) atoms. The Morgan fingerprint density at radius 2 is 1.96 bits per heavy atom.